The van der Waals surface area contributed by atoms with E-state index in [1.54, 1.807) is 12.1 Å². The molecular weight excluding hydrogens is 330 g/mol. The molecule has 2 heterocycles. The second-order valence-corrected chi connectivity index (χ2v) is 7.73. The lowest BCUT2D eigenvalue weighted by atomic mass is 10.1. The third-order valence-electron chi connectivity index (χ3n) is 4.14. The topological polar surface area (TPSA) is 65.1 Å². The summed E-state index contributed by atoms with van der Waals surface area (Å²) in [6.45, 7) is 4.55. The van der Waals surface area contributed by atoms with Crippen LogP contribution in [0.4, 0.5) is 5.69 Å². The molecule has 0 spiro atoms. The highest BCUT2D eigenvalue weighted by molar-refractivity contribution is 7.92. The molecule has 2 aliphatic heterocycles. The third-order valence-corrected chi connectivity index (χ3v) is 5.94. The molecule has 0 atom stereocenters. The predicted octanol–water partition coefficient (Wildman–Crippen LogP) is 2.62. The number of hydrogen-bond donors (Lipinski definition) is 0. The Balaban J connectivity index is 1.82. The SMILES string of the molecule is Cc1cc(C)c2c(c1)OCCN2S(=O)(=O)c1ccc2c(c1)OCO2. The van der Waals surface area contributed by atoms with E-state index in [4.69, 9.17) is 14.2 Å². The molecule has 2 aromatic carbocycles. The molecule has 0 amide bonds. The number of anilines is 1. The normalized spacial score (nSPS) is 15.8. The van der Waals surface area contributed by atoms with E-state index in [2.05, 4.69) is 0 Å². The number of benzene rings is 2. The number of ether oxygens (including phenoxy) is 3. The van der Waals surface area contributed by atoms with Gasteiger partial charge < -0.3 is 14.2 Å². The Labute approximate surface area is 140 Å². The van der Waals surface area contributed by atoms with Crippen molar-refractivity contribution in [2.75, 3.05) is 24.2 Å². The van der Waals surface area contributed by atoms with Gasteiger partial charge in [-0.1, -0.05) is 6.07 Å². The first-order valence-electron chi connectivity index (χ1n) is 7.63. The van der Waals surface area contributed by atoms with Crippen LogP contribution in [-0.4, -0.2) is 28.4 Å². The Bertz CT molecular complexity index is 923. The van der Waals surface area contributed by atoms with E-state index in [-0.39, 0.29) is 18.2 Å². The Hall–Kier alpha value is -2.41. The molecule has 0 aliphatic carbocycles. The second-order valence-electron chi connectivity index (χ2n) is 5.87. The van der Waals surface area contributed by atoms with Crippen LogP contribution in [-0.2, 0) is 10.0 Å². The van der Waals surface area contributed by atoms with E-state index in [1.165, 1.54) is 10.4 Å². The highest BCUT2D eigenvalue weighted by Gasteiger charge is 2.32. The van der Waals surface area contributed by atoms with Crippen molar-refractivity contribution < 1.29 is 22.6 Å². The number of rotatable bonds is 2. The van der Waals surface area contributed by atoms with E-state index in [9.17, 15) is 8.42 Å². The standard InChI is InChI=1S/C17H17NO5S/c1-11-7-12(2)17-16(8-11)21-6-5-18(17)24(19,20)13-3-4-14-15(9-13)23-10-22-14/h3-4,7-9H,5-6,10H2,1-2H3. The molecular formula is C17H17NO5S. The third kappa shape index (κ3) is 2.27. The zero-order valence-electron chi connectivity index (χ0n) is 13.4. The molecule has 6 nitrogen and oxygen atoms in total. The molecule has 4 rings (SSSR count). The number of fused-ring (bicyclic) bond motifs is 2. The number of hydrogen-bond acceptors (Lipinski definition) is 5. The van der Waals surface area contributed by atoms with Crippen molar-refractivity contribution in [1.29, 1.82) is 0 Å². The minimum atomic E-state index is -3.71. The molecule has 24 heavy (non-hydrogen) atoms. The second kappa shape index (κ2) is 5.31. The van der Waals surface area contributed by atoms with E-state index >= 15 is 0 Å². The summed E-state index contributed by atoms with van der Waals surface area (Å²) in [6.07, 6.45) is 0. The van der Waals surface area contributed by atoms with E-state index in [0.29, 0.717) is 29.5 Å². The molecule has 0 saturated heterocycles. The van der Waals surface area contributed by atoms with E-state index in [1.807, 2.05) is 26.0 Å². The summed E-state index contributed by atoms with van der Waals surface area (Å²) in [5.74, 6) is 1.61. The van der Waals surface area contributed by atoms with Crippen molar-refractivity contribution >= 4 is 15.7 Å². The summed E-state index contributed by atoms with van der Waals surface area (Å²) in [6, 6.07) is 8.50. The van der Waals surface area contributed by atoms with Crippen LogP contribution in [0.15, 0.2) is 35.2 Å². The van der Waals surface area contributed by atoms with Crippen molar-refractivity contribution in [2.24, 2.45) is 0 Å². The first kappa shape index (κ1) is 15.1. The lowest BCUT2D eigenvalue weighted by Gasteiger charge is -2.32. The molecule has 0 N–H and O–H groups in total. The van der Waals surface area contributed by atoms with Gasteiger partial charge >= 0.3 is 0 Å². The van der Waals surface area contributed by atoms with Crippen LogP contribution in [0.3, 0.4) is 0 Å². The van der Waals surface area contributed by atoms with Crippen LogP contribution >= 0.6 is 0 Å². The minimum absolute atomic E-state index is 0.109. The molecule has 0 bridgehead atoms. The maximum absolute atomic E-state index is 13.2. The van der Waals surface area contributed by atoms with Crippen LogP contribution in [0.2, 0.25) is 0 Å². The highest BCUT2D eigenvalue weighted by atomic mass is 32.2. The fraction of sp³-hybridized carbons (Fsp3) is 0.294. The highest BCUT2D eigenvalue weighted by Crippen LogP contribution is 2.40. The quantitative estimate of drug-likeness (QED) is 0.835. The van der Waals surface area contributed by atoms with Gasteiger partial charge in [0, 0.05) is 6.07 Å². The van der Waals surface area contributed by atoms with E-state index < -0.39 is 10.0 Å². The molecule has 7 heteroatoms. The van der Waals surface area contributed by atoms with Gasteiger partial charge in [0.2, 0.25) is 6.79 Å². The van der Waals surface area contributed by atoms with Crippen molar-refractivity contribution in [3.63, 3.8) is 0 Å². The lowest BCUT2D eigenvalue weighted by Crippen LogP contribution is -2.38. The smallest absolute Gasteiger partial charge is 0.264 e. The Morgan fingerprint density at radius 2 is 1.75 bits per heavy atom. The van der Waals surface area contributed by atoms with Gasteiger partial charge in [0.1, 0.15) is 12.4 Å². The summed E-state index contributed by atoms with van der Waals surface area (Å²) in [7, 11) is -3.71. The molecule has 126 valence electrons. The first-order valence-corrected chi connectivity index (χ1v) is 9.07. The molecule has 2 aliphatic rings. The summed E-state index contributed by atoms with van der Waals surface area (Å²) < 4.78 is 44.0. The minimum Gasteiger partial charge on any atom is -0.489 e. The van der Waals surface area contributed by atoms with Crippen molar-refractivity contribution in [3.8, 4) is 17.2 Å². The van der Waals surface area contributed by atoms with Gasteiger partial charge in [0.25, 0.3) is 10.0 Å². The summed E-state index contributed by atoms with van der Waals surface area (Å²) >= 11 is 0. The van der Waals surface area contributed by atoms with Gasteiger partial charge in [-0.3, -0.25) is 4.31 Å². The van der Waals surface area contributed by atoms with Crippen LogP contribution in [0.5, 0.6) is 17.2 Å². The van der Waals surface area contributed by atoms with Gasteiger partial charge in [-0.2, -0.15) is 0 Å². The maximum Gasteiger partial charge on any atom is 0.264 e. The van der Waals surface area contributed by atoms with Gasteiger partial charge in [-0.25, -0.2) is 8.42 Å². The molecule has 0 fully saturated rings. The predicted molar refractivity (Wildman–Crippen MR) is 88.5 cm³/mol. The van der Waals surface area contributed by atoms with Crippen molar-refractivity contribution in [3.05, 3.63) is 41.5 Å². The molecule has 0 saturated carbocycles. The zero-order valence-corrected chi connectivity index (χ0v) is 14.2. The molecule has 0 unspecified atom stereocenters. The van der Waals surface area contributed by atoms with Crippen LogP contribution < -0.4 is 18.5 Å². The summed E-state index contributed by atoms with van der Waals surface area (Å²) in [5, 5.41) is 0. The maximum atomic E-state index is 13.2. The van der Waals surface area contributed by atoms with Gasteiger partial charge in [-0.05, 0) is 43.2 Å². The van der Waals surface area contributed by atoms with E-state index in [0.717, 1.165) is 11.1 Å². The van der Waals surface area contributed by atoms with Crippen molar-refractivity contribution in [2.45, 2.75) is 18.7 Å². The fourth-order valence-corrected chi connectivity index (χ4v) is 4.65. The fourth-order valence-electron chi connectivity index (χ4n) is 3.11. The zero-order chi connectivity index (χ0) is 16.9. The Morgan fingerprint density at radius 1 is 0.958 bits per heavy atom. The molecule has 0 aromatic heterocycles. The number of aryl methyl sites for hydroxylation is 2. The average Bonchev–Trinajstić information content (AvgIpc) is 3.01. The summed E-state index contributed by atoms with van der Waals surface area (Å²) in [4.78, 5) is 0.180. The number of sulfonamides is 1. The van der Waals surface area contributed by atoms with Crippen LogP contribution in [0.25, 0.3) is 0 Å². The van der Waals surface area contributed by atoms with Crippen LogP contribution in [0, 0.1) is 13.8 Å². The van der Waals surface area contributed by atoms with Gasteiger partial charge in [-0.15, -0.1) is 0 Å². The van der Waals surface area contributed by atoms with Gasteiger partial charge in [0.05, 0.1) is 17.1 Å². The first-order chi connectivity index (χ1) is 11.5. The van der Waals surface area contributed by atoms with Crippen molar-refractivity contribution in [1.82, 2.24) is 0 Å². The lowest BCUT2D eigenvalue weighted by molar-refractivity contribution is 0.174. The average molecular weight is 347 g/mol. The van der Waals surface area contributed by atoms with Crippen LogP contribution in [0.1, 0.15) is 11.1 Å². The number of nitrogens with zero attached hydrogens (tertiary/aromatic N) is 1. The molecule has 0 radical (unpaired) electrons. The monoisotopic (exact) mass is 347 g/mol. The van der Waals surface area contributed by atoms with Gasteiger partial charge in [0.15, 0.2) is 11.5 Å². The molecule has 2 aromatic rings. The largest absolute Gasteiger partial charge is 0.489 e. The Kier molecular flexibility index (Phi) is 3.35. The Morgan fingerprint density at radius 3 is 2.58 bits per heavy atom. The summed E-state index contributed by atoms with van der Waals surface area (Å²) in [5.41, 5.74) is 2.51.